The number of carbonyl (C=O) groups excluding carboxylic acids is 1. The topological polar surface area (TPSA) is 38.3 Å². The SMILES string of the molecule is CCC[C@@H](C)NC(=O)[C@H](OC)c1ccccc1. The average molecular weight is 235 g/mol. The molecule has 1 amide bonds. The van der Waals surface area contributed by atoms with Crippen LogP contribution in [0.15, 0.2) is 30.3 Å². The molecule has 1 rings (SSSR count). The predicted molar refractivity (Wildman–Crippen MR) is 68.7 cm³/mol. The molecule has 0 bridgehead atoms. The summed E-state index contributed by atoms with van der Waals surface area (Å²) in [7, 11) is 1.56. The van der Waals surface area contributed by atoms with Gasteiger partial charge in [-0.25, -0.2) is 0 Å². The number of ether oxygens (including phenoxy) is 1. The Kier molecular flexibility index (Phi) is 5.70. The molecule has 2 atom stereocenters. The summed E-state index contributed by atoms with van der Waals surface area (Å²) >= 11 is 0. The van der Waals surface area contributed by atoms with Gasteiger partial charge in [0.05, 0.1) is 0 Å². The fraction of sp³-hybridized carbons (Fsp3) is 0.500. The van der Waals surface area contributed by atoms with Gasteiger partial charge in [-0.05, 0) is 18.9 Å². The van der Waals surface area contributed by atoms with E-state index in [-0.39, 0.29) is 11.9 Å². The molecular weight excluding hydrogens is 214 g/mol. The highest BCUT2D eigenvalue weighted by Crippen LogP contribution is 2.16. The molecule has 0 fully saturated rings. The maximum Gasteiger partial charge on any atom is 0.253 e. The van der Waals surface area contributed by atoms with Gasteiger partial charge in [0.25, 0.3) is 5.91 Å². The van der Waals surface area contributed by atoms with Crippen molar-refractivity contribution in [1.29, 1.82) is 0 Å². The minimum Gasteiger partial charge on any atom is -0.367 e. The van der Waals surface area contributed by atoms with Gasteiger partial charge in [-0.2, -0.15) is 0 Å². The Hall–Kier alpha value is -1.35. The Morgan fingerprint density at radius 2 is 2.00 bits per heavy atom. The van der Waals surface area contributed by atoms with Crippen LogP contribution in [0.4, 0.5) is 0 Å². The summed E-state index contributed by atoms with van der Waals surface area (Å²) in [5.74, 6) is -0.0698. The van der Waals surface area contributed by atoms with E-state index in [0.717, 1.165) is 18.4 Å². The zero-order chi connectivity index (χ0) is 12.7. The van der Waals surface area contributed by atoms with Gasteiger partial charge >= 0.3 is 0 Å². The molecule has 0 spiro atoms. The first-order valence-electron chi connectivity index (χ1n) is 6.07. The number of carbonyl (C=O) groups is 1. The van der Waals surface area contributed by atoms with Crippen molar-refractivity contribution in [3.8, 4) is 0 Å². The molecular formula is C14H21NO2. The number of rotatable bonds is 6. The third kappa shape index (κ3) is 4.19. The van der Waals surface area contributed by atoms with Crippen LogP contribution in [0.2, 0.25) is 0 Å². The fourth-order valence-corrected chi connectivity index (χ4v) is 1.85. The van der Waals surface area contributed by atoms with Gasteiger partial charge in [-0.1, -0.05) is 43.7 Å². The molecule has 0 radical (unpaired) electrons. The molecule has 0 aliphatic rings. The van der Waals surface area contributed by atoms with Crippen molar-refractivity contribution in [2.24, 2.45) is 0 Å². The summed E-state index contributed by atoms with van der Waals surface area (Å²) in [6.07, 6.45) is 1.53. The highest BCUT2D eigenvalue weighted by Gasteiger charge is 2.20. The van der Waals surface area contributed by atoms with Crippen molar-refractivity contribution >= 4 is 5.91 Å². The fourth-order valence-electron chi connectivity index (χ4n) is 1.85. The predicted octanol–water partition coefficient (Wildman–Crippen LogP) is 2.68. The lowest BCUT2D eigenvalue weighted by atomic mass is 10.1. The minimum atomic E-state index is -0.518. The van der Waals surface area contributed by atoms with Crippen LogP contribution in [0.1, 0.15) is 38.4 Å². The van der Waals surface area contributed by atoms with Crippen LogP contribution in [-0.2, 0) is 9.53 Å². The number of benzene rings is 1. The van der Waals surface area contributed by atoms with E-state index in [1.54, 1.807) is 7.11 Å². The van der Waals surface area contributed by atoms with Crippen LogP contribution in [-0.4, -0.2) is 19.1 Å². The number of hydrogen-bond acceptors (Lipinski definition) is 2. The molecule has 3 nitrogen and oxygen atoms in total. The van der Waals surface area contributed by atoms with Gasteiger partial charge in [0.1, 0.15) is 0 Å². The Balaban J connectivity index is 2.65. The van der Waals surface area contributed by atoms with Crippen molar-refractivity contribution in [2.75, 3.05) is 7.11 Å². The molecule has 94 valence electrons. The second-order valence-corrected chi connectivity index (χ2v) is 4.22. The molecule has 0 aliphatic carbocycles. The molecule has 1 N–H and O–H groups in total. The van der Waals surface area contributed by atoms with E-state index in [2.05, 4.69) is 12.2 Å². The summed E-state index contributed by atoms with van der Waals surface area (Å²) in [5.41, 5.74) is 0.885. The number of methoxy groups -OCH3 is 1. The lowest BCUT2D eigenvalue weighted by Gasteiger charge is -2.19. The summed E-state index contributed by atoms with van der Waals surface area (Å²) in [6.45, 7) is 4.12. The first-order chi connectivity index (χ1) is 8.19. The standard InChI is InChI=1S/C14H21NO2/c1-4-8-11(2)15-14(16)13(17-3)12-9-6-5-7-10-12/h5-7,9-11,13H,4,8H2,1-3H3,(H,15,16)/t11-,13-/m1/s1. The number of hydrogen-bond donors (Lipinski definition) is 1. The van der Waals surface area contributed by atoms with E-state index in [9.17, 15) is 4.79 Å². The minimum absolute atomic E-state index is 0.0698. The summed E-state index contributed by atoms with van der Waals surface area (Å²) in [6, 6.07) is 9.73. The lowest BCUT2D eigenvalue weighted by Crippen LogP contribution is -2.36. The molecule has 0 heterocycles. The monoisotopic (exact) mass is 235 g/mol. The van der Waals surface area contributed by atoms with Gasteiger partial charge in [0.2, 0.25) is 0 Å². The van der Waals surface area contributed by atoms with Crippen LogP contribution in [0.5, 0.6) is 0 Å². The largest absolute Gasteiger partial charge is 0.367 e. The third-order valence-corrected chi connectivity index (χ3v) is 2.69. The van der Waals surface area contributed by atoms with E-state index in [4.69, 9.17) is 4.74 Å². The maximum atomic E-state index is 12.0. The lowest BCUT2D eigenvalue weighted by molar-refractivity contribution is -0.132. The van der Waals surface area contributed by atoms with Crippen LogP contribution < -0.4 is 5.32 Å². The molecule has 0 aliphatic heterocycles. The van der Waals surface area contributed by atoms with Crippen molar-refractivity contribution in [3.05, 3.63) is 35.9 Å². The van der Waals surface area contributed by atoms with Gasteiger partial charge in [0.15, 0.2) is 6.10 Å². The number of nitrogens with one attached hydrogen (secondary N) is 1. The highest BCUT2D eigenvalue weighted by molar-refractivity contribution is 5.82. The highest BCUT2D eigenvalue weighted by atomic mass is 16.5. The van der Waals surface area contributed by atoms with Crippen LogP contribution >= 0.6 is 0 Å². The van der Waals surface area contributed by atoms with Crippen molar-refractivity contribution in [3.63, 3.8) is 0 Å². The van der Waals surface area contributed by atoms with E-state index in [1.807, 2.05) is 37.3 Å². The first-order valence-corrected chi connectivity index (χ1v) is 6.07. The van der Waals surface area contributed by atoms with E-state index < -0.39 is 6.10 Å². The molecule has 3 heteroatoms. The van der Waals surface area contributed by atoms with Crippen molar-refractivity contribution < 1.29 is 9.53 Å². The van der Waals surface area contributed by atoms with Crippen LogP contribution in [0.3, 0.4) is 0 Å². The zero-order valence-electron chi connectivity index (χ0n) is 10.8. The zero-order valence-corrected chi connectivity index (χ0v) is 10.8. The average Bonchev–Trinajstić information content (AvgIpc) is 2.31. The molecule has 1 aromatic carbocycles. The second-order valence-electron chi connectivity index (χ2n) is 4.22. The van der Waals surface area contributed by atoms with E-state index >= 15 is 0 Å². The Morgan fingerprint density at radius 3 is 2.53 bits per heavy atom. The van der Waals surface area contributed by atoms with E-state index in [0.29, 0.717) is 0 Å². The molecule has 1 aromatic rings. The summed E-state index contributed by atoms with van der Waals surface area (Å²) in [5, 5.41) is 2.97. The summed E-state index contributed by atoms with van der Waals surface area (Å²) in [4.78, 5) is 12.0. The van der Waals surface area contributed by atoms with Crippen molar-refractivity contribution in [1.82, 2.24) is 5.32 Å². The van der Waals surface area contributed by atoms with Crippen molar-refractivity contribution in [2.45, 2.75) is 38.8 Å². The molecule has 17 heavy (non-hydrogen) atoms. The van der Waals surface area contributed by atoms with Gasteiger partial charge in [0, 0.05) is 13.2 Å². The summed E-state index contributed by atoms with van der Waals surface area (Å²) < 4.78 is 5.27. The Morgan fingerprint density at radius 1 is 1.35 bits per heavy atom. The van der Waals surface area contributed by atoms with Gasteiger partial charge in [-0.3, -0.25) is 4.79 Å². The Labute approximate surface area is 103 Å². The van der Waals surface area contributed by atoms with Gasteiger partial charge < -0.3 is 10.1 Å². The van der Waals surface area contributed by atoms with Gasteiger partial charge in [-0.15, -0.1) is 0 Å². The molecule has 0 unspecified atom stereocenters. The van der Waals surface area contributed by atoms with E-state index in [1.165, 1.54) is 0 Å². The van der Waals surface area contributed by atoms with Crippen LogP contribution in [0, 0.1) is 0 Å². The molecule has 0 aromatic heterocycles. The first kappa shape index (κ1) is 13.7. The normalized spacial score (nSPS) is 14.1. The Bertz CT molecular complexity index is 337. The second kappa shape index (κ2) is 7.07. The molecule has 0 saturated carbocycles. The smallest absolute Gasteiger partial charge is 0.253 e. The maximum absolute atomic E-state index is 12.0. The van der Waals surface area contributed by atoms with Crippen LogP contribution in [0.25, 0.3) is 0 Å². The third-order valence-electron chi connectivity index (χ3n) is 2.69. The quantitative estimate of drug-likeness (QED) is 0.823. The number of amides is 1. The molecule has 0 saturated heterocycles.